The maximum atomic E-state index is 13.0. The van der Waals surface area contributed by atoms with Gasteiger partial charge in [0.25, 0.3) is 5.91 Å². The highest BCUT2D eigenvalue weighted by molar-refractivity contribution is 8.26. The zero-order valence-electron chi connectivity index (χ0n) is 18.5. The molecule has 0 spiro atoms. The molecule has 0 radical (unpaired) electrons. The molecule has 0 N–H and O–H groups in total. The molecule has 0 saturated carbocycles. The lowest BCUT2D eigenvalue weighted by molar-refractivity contribution is -0.122. The number of carbonyl (C=O) groups excluding carboxylic acids is 1. The van der Waals surface area contributed by atoms with Crippen molar-refractivity contribution in [1.82, 2.24) is 14.7 Å². The molecule has 1 amide bonds. The number of para-hydroxylation sites is 1. The molecule has 1 aromatic heterocycles. The van der Waals surface area contributed by atoms with Crippen LogP contribution in [-0.2, 0) is 9.53 Å². The van der Waals surface area contributed by atoms with Crippen molar-refractivity contribution in [3.63, 3.8) is 0 Å². The minimum Gasteiger partial charge on any atom is -0.493 e. The van der Waals surface area contributed by atoms with Crippen LogP contribution in [0.3, 0.4) is 0 Å². The predicted molar refractivity (Wildman–Crippen MR) is 134 cm³/mol. The van der Waals surface area contributed by atoms with Gasteiger partial charge in [-0.05, 0) is 36.4 Å². The molecule has 1 aliphatic heterocycles. The van der Waals surface area contributed by atoms with Crippen molar-refractivity contribution in [2.45, 2.75) is 0 Å². The molecule has 1 saturated heterocycles. The third-order valence-corrected chi connectivity index (χ3v) is 6.48. The molecule has 9 heteroatoms. The number of carbonyl (C=O) groups is 1. The van der Waals surface area contributed by atoms with Crippen molar-refractivity contribution in [2.75, 3.05) is 34.5 Å². The van der Waals surface area contributed by atoms with Crippen molar-refractivity contribution in [3.05, 3.63) is 65.2 Å². The van der Waals surface area contributed by atoms with Gasteiger partial charge in [-0.2, -0.15) is 5.10 Å². The molecule has 0 unspecified atom stereocenters. The average Bonchev–Trinajstić information content (AvgIpc) is 3.38. The van der Waals surface area contributed by atoms with E-state index in [-0.39, 0.29) is 5.91 Å². The van der Waals surface area contributed by atoms with Gasteiger partial charge < -0.3 is 14.2 Å². The Bertz CT molecular complexity index is 1210. The van der Waals surface area contributed by atoms with Crippen LogP contribution in [0, 0.1) is 0 Å². The second kappa shape index (κ2) is 10.2. The van der Waals surface area contributed by atoms with E-state index in [4.69, 9.17) is 31.5 Å². The third-order valence-electron chi connectivity index (χ3n) is 5.10. The van der Waals surface area contributed by atoms with Gasteiger partial charge in [0.05, 0.1) is 38.0 Å². The molecular formula is C24H23N3O4S2. The highest BCUT2D eigenvalue weighted by Crippen LogP contribution is 2.37. The van der Waals surface area contributed by atoms with Crippen LogP contribution in [0.1, 0.15) is 5.56 Å². The monoisotopic (exact) mass is 481 g/mol. The number of thiocarbonyl (C=S) groups is 1. The Balaban J connectivity index is 1.79. The van der Waals surface area contributed by atoms with Gasteiger partial charge in [0.15, 0.2) is 11.5 Å². The summed E-state index contributed by atoms with van der Waals surface area (Å²) in [5.41, 5.74) is 3.25. The number of hydrogen-bond acceptors (Lipinski definition) is 7. The number of rotatable bonds is 8. The quantitative estimate of drug-likeness (QED) is 0.349. The number of methoxy groups -OCH3 is 3. The first-order valence-electron chi connectivity index (χ1n) is 10.2. The summed E-state index contributed by atoms with van der Waals surface area (Å²) in [5.74, 6) is 1.10. The second-order valence-corrected chi connectivity index (χ2v) is 8.78. The Morgan fingerprint density at radius 2 is 1.82 bits per heavy atom. The summed E-state index contributed by atoms with van der Waals surface area (Å²) in [4.78, 5) is 15.1. The SMILES string of the molecule is COCCN1C(=O)/C(=C/c2cn(-c3ccccc3)nc2-c2ccc(OC)c(OC)c2)SC1=S. The topological polar surface area (TPSA) is 65.8 Å². The number of ether oxygens (including phenoxy) is 3. The van der Waals surface area contributed by atoms with E-state index >= 15 is 0 Å². The molecule has 7 nitrogen and oxygen atoms in total. The van der Waals surface area contributed by atoms with E-state index in [2.05, 4.69) is 0 Å². The standard InChI is InChI=1S/C24H23N3O4S2/c1-29-12-11-26-23(28)21(33-24(26)32)14-17-15-27(18-7-5-4-6-8-18)25-22(17)16-9-10-19(30-2)20(13-16)31-3/h4-10,13-15H,11-12H2,1-3H3/b21-14-. The van der Waals surface area contributed by atoms with E-state index in [0.717, 1.165) is 16.8 Å². The average molecular weight is 482 g/mol. The van der Waals surface area contributed by atoms with Gasteiger partial charge in [-0.15, -0.1) is 0 Å². The van der Waals surface area contributed by atoms with Crippen LogP contribution in [0.2, 0.25) is 0 Å². The summed E-state index contributed by atoms with van der Waals surface area (Å²) in [7, 11) is 4.79. The number of thioether (sulfide) groups is 1. The fourth-order valence-electron chi connectivity index (χ4n) is 3.43. The Morgan fingerprint density at radius 1 is 1.06 bits per heavy atom. The fraction of sp³-hybridized carbons (Fsp3) is 0.208. The van der Waals surface area contributed by atoms with E-state index in [1.165, 1.54) is 11.8 Å². The summed E-state index contributed by atoms with van der Waals surface area (Å²) >= 11 is 6.69. The van der Waals surface area contributed by atoms with Crippen molar-refractivity contribution in [2.24, 2.45) is 0 Å². The molecule has 4 rings (SSSR count). The van der Waals surface area contributed by atoms with Gasteiger partial charge in [-0.1, -0.05) is 42.2 Å². The number of amides is 1. The van der Waals surface area contributed by atoms with Crippen LogP contribution < -0.4 is 9.47 Å². The molecular weight excluding hydrogens is 458 g/mol. The summed E-state index contributed by atoms with van der Waals surface area (Å²) in [6.07, 6.45) is 3.74. The first kappa shape index (κ1) is 23.0. The van der Waals surface area contributed by atoms with Gasteiger partial charge in [-0.3, -0.25) is 9.69 Å². The van der Waals surface area contributed by atoms with Crippen LogP contribution in [0.5, 0.6) is 11.5 Å². The van der Waals surface area contributed by atoms with Crippen LogP contribution >= 0.6 is 24.0 Å². The smallest absolute Gasteiger partial charge is 0.266 e. The van der Waals surface area contributed by atoms with E-state index in [1.54, 1.807) is 30.9 Å². The van der Waals surface area contributed by atoms with Gasteiger partial charge in [-0.25, -0.2) is 4.68 Å². The molecule has 0 bridgehead atoms. The summed E-state index contributed by atoms with van der Waals surface area (Å²) in [6, 6.07) is 15.4. The van der Waals surface area contributed by atoms with Gasteiger partial charge in [0, 0.05) is 24.4 Å². The second-order valence-electron chi connectivity index (χ2n) is 7.11. The maximum absolute atomic E-state index is 13.0. The molecule has 0 aliphatic carbocycles. The lowest BCUT2D eigenvalue weighted by Gasteiger charge is -2.12. The Morgan fingerprint density at radius 3 is 2.52 bits per heavy atom. The molecule has 3 aromatic rings. The van der Waals surface area contributed by atoms with E-state index in [9.17, 15) is 4.79 Å². The van der Waals surface area contributed by atoms with E-state index in [0.29, 0.717) is 39.6 Å². The Hall–Kier alpha value is -3.14. The minimum atomic E-state index is -0.132. The summed E-state index contributed by atoms with van der Waals surface area (Å²) < 4.78 is 18.3. The predicted octanol–water partition coefficient (Wildman–Crippen LogP) is 4.40. The summed E-state index contributed by atoms with van der Waals surface area (Å²) in [6.45, 7) is 0.840. The van der Waals surface area contributed by atoms with Crippen LogP contribution in [0.15, 0.2) is 59.6 Å². The molecule has 1 fully saturated rings. The Labute approximate surface area is 201 Å². The lowest BCUT2D eigenvalue weighted by atomic mass is 10.1. The van der Waals surface area contributed by atoms with Crippen LogP contribution in [-0.4, -0.2) is 59.4 Å². The van der Waals surface area contributed by atoms with E-state index < -0.39 is 0 Å². The zero-order chi connectivity index (χ0) is 23.4. The van der Waals surface area contributed by atoms with Gasteiger partial charge >= 0.3 is 0 Å². The highest BCUT2D eigenvalue weighted by Gasteiger charge is 2.32. The first-order chi connectivity index (χ1) is 16.0. The molecule has 170 valence electrons. The lowest BCUT2D eigenvalue weighted by Crippen LogP contribution is -2.31. The van der Waals surface area contributed by atoms with Gasteiger partial charge in [0.1, 0.15) is 10.0 Å². The first-order valence-corrected chi connectivity index (χ1v) is 11.4. The molecule has 0 atom stereocenters. The molecule has 33 heavy (non-hydrogen) atoms. The van der Waals surface area contributed by atoms with Crippen LogP contribution in [0.4, 0.5) is 0 Å². The van der Waals surface area contributed by atoms with Gasteiger partial charge in [0.2, 0.25) is 0 Å². The van der Waals surface area contributed by atoms with Crippen molar-refractivity contribution < 1.29 is 19.0 Å². The number of hydrogen-bond donors (Lipinski definition) is 0. The number of nitrogens with zero attached hydrogens (tertiary/aromatic N) is 3. The molecule has 2 aromatic carbocycles. The number of benzene rings is 2. The minimum absolute atomic E-state index is 0.132. The van der Waals surface area contributed by atoms with Crippen molar-refractivity contribution in [1.29, 1.82) is 0 Å². The van der Waals surface area contributed by atoms with Crippen molar-refractivity contribution >= 4 is 40.3 Å². The zero-order valence-corrected chi connectivity index (χ0v) is 20.1. The van der Waals surface area contributed by atoms with Crippen molar-refractivity contribution in [3.8, 4) is 28.4 Å². The maximum Gasteiger partial charge on any atom is 0.266 e. The largest absolute Gasteiger partial charge is 0.493 e. The van der Waals surface area contributed by atoms with Crippen LogP contribution in [0.25, 0.3) is 23.0 Å². The number of aromatic nitrogens is 2. The normalized spacial score (nSPS) is 14.9. The highest BCUT2D eigenvalue weighted by atomic mass is 32.2. The third kappa shape index (κ3) is 4.80. The molecule has 1 aliphatic rings. The van der Waals surface area contributed by atoms with E-state index in [1.807, 2.05) is 60.8 Å². The molecule has 2 heterocycles. The fourth-order valence-corrected chi connectivity index (χ4v) is 4.73. The summed E-state index contributed by atoms with van der Waals surface area (Å²) in [5, 5.41) is 4.83. The Kier molecular flexibility index (Phi) is 7.12.